The van der Waals surface area contributed by atoms with Crippen LogP contribution in [0.3, 0.4) is 0 Å². The van der Waals surface area contributed by atoms with Crippen molar-refractivity contribution in [2.45, 2.75) is 4.90 Å². The van der Waals surface area contributed by atoms with Gasteiger partial charge in [-0.3, -0.25) is 14.5 Å². The lowest BCUT2D eigenvalue weighted by molar-refractivity contribution is 0.102. The molecular weight excluding hydrogens is 405 g/mol. The van der Waals surface area contributed by atoms with E-state index in [4.69, 9.17) is 0 Å². The van der Waals surface area contributed by atoms with Crippen LogP contribution >= 0.6 is 0 Å². The SMILES string of the molecule is O=C(Nc1cccc2cccnc12)c1ccc(S(=O)(=O)Nc2ccccc2F)cc1. The van der Waals surface area contributed by atoms with Crippen molar-refractivity contribution >= 4 is 38.2 Å². The molecule has 0 saturated carbocycles. The van der Waals surface area contributed by atoms with Crippen molar-refractivity contribution in [3.05, 3.63) is 96.4 Å². The molecule has 0 saturated heterocycles. The summed E-state index contributed by atoms with van der Waals surface area (Å²) in [5.74, 6) is -1.08. The Morgan fingerprint density at radius 3 is 2.30 bits per heavy atom. The number of fused-ring (bicyclic) bond motifs is 1. The van der Waals surface area contributed by atoms with Gasteiger partial charge in [-0.05, 0) is 48.5 Å². The van der Waals surface area contributed by atoms with Crippen LogP contribution in [0.15, 0.2) is 90.0 Å². The van der Waals surface area contributed by atoms with Crippen LogP contribution in [-0.2, 0) is 10.0 Å². The normalized spacial score (nSPS) is 11.2. The Morgan fingerprint density at radius 2 is 1.53 bits per heavy atom. The average Bonchev–Trinajstić information content (AvgIpc) is 2.75. The minimum atomic E-state index is -4.00. The van der Waals surface area contributed by atoms with E-state index in [1.165, 1.54) is 42.5 Å². The molecule has 0 aliphatic rings. The van der Waals surface area contributed by atoms with Crippen LogP contribution in [0.1, 0.15) is 10.4 Å². The monoisotopic (exact) mass is 421 g/mol. The van der Waals surface area contributed by atoms with Gasteiger partial charge in [-0.15, -0.1) is 0 Å². The molecule has 1 heterocycles. The first-order valence-corrected chi connectivity index (χ1v) is 10.4. The first-order chi connectivity index (χ1) is 14.4. The highest BCUT2D eigenvalue weighted by atomic mass is 32.2. The fraction of sp³-hybridized carbons (Fsp3) is 0. The number of nitrogens with zero attached hydrogens (tertiary/aromatic N) is 1. The molecule has 1 aromatic heterocycles. The topological polar surface area (TPSA) is 88.2 Å². The summed E-state index contributed by atoms with van der Waals surface area (Å²) in [4.78, 5) is 16.8. The fourth-order valence-electron chi connectivity index (χ4n) is 2.93. The maximum absolute atomic E-state index is 13.7. The Kier molecular flexibility index (Phi) is 5.16. The number of anilines is 2. The van der Waals surface area contributed by atoms with Gasteiger partial charge < -0.3 is 5.32 Å². The molecule has 3 aromatic carbocycles. The van der Waals surface area contributed by atoms with E-state index in [0.717, 1.165) is 11.5 Å². The maximum Gasteiger partial charge on any atom is 0.261 e. The number of hydrogen-bond acceptors (Lipinski definition) is 4. The minimum absolute atomic E-state index is 0.0888. The second kappa shape index (κ2) is 7.92. The quantitative estimate of drug-likeness (QED) is 0.499. The number of carbonyl (C=O) groups excluding carboxylic acids is 1. The molecule has 6 nitrogen and oxygen atoms in total. The molecule has 1 amide bonds. The van der Waals surface area contributed by atoms with Crippen LogP contribution < -0.4 is 10.0 Å². The van der Waals surface area contributed by atoms with E-state index in [9.17, 15) is 17.6 Å². The molecule has 0 radical (unpaired) electrons. The zero-order chi connectivity index (χ0) is 21.1. The molecule has 0 spiro atoms. The van der Waals surface area contributed by atoms with E-state index >= 15 is 0 Å². The Hall–Kier alpha value is -3.78. The highest BCUT2D eigenvalue weighted by Gasteiger charge is 2.17. The number of sulfonamides is 1. The molecule has 4 rings (SSSR count). The van der Waals surface area contributed by atoms with Gasteiger partial charge in [0.1, 0.15) is 5.82 Å². The van der Waals surface area contributed by atoms with Gasteiger partial charge in [-0.2, -0.15) is 0 Å². The summed E-state index contributed by atoms with van der Waals surface area (Å²) in [6.07, 6.45) is 1.64. The van der Waals surface area contributed by atoms with E-state index in [0.29, 0.717) is 11.2 Å². The molecular formula is C22H16FN3O3S. The molecule has 4 aromatic rings. The van der Waals surface area contributed by atoms with Crippen molar-refractivity contribution in [2.75, 3.05) is 10.0 Å². The molecule has 0 unspecified atom stereocenters. The summed E-state index contributed by atoms with van der Waals surface area (Å²) in [5.41, 5.74) is 1.33. The largest absolute Gasteiger partial charge is 0.320 e. The third-order valence-corrected chi connectivity index (χ3v) is 5.81. The van der Waals surface area contributed by atoms with E-state index in [1.54, 1.807) is 12.3 Å². The minimum Gasteiger partial charge on any atom is -0.320 e. The zero-order valence-corrected chi connectivity index (χ0v) is 16.4. The Morgan fingerprint density at radius 1 is 0.833 bits per heavy atom. The molecule has 2 N–H and O–H groups in total. The first-order valence-electron chi connectivity index (χ1n) is 8.96. The summed E-state index contributed by atoms with van der Waals surface area (Å²) in [6, 6.07) is 20.0. The lowest BCUT2D eigenvalue weighted by Gasteiger charge is -2.10. The fourth-order valence-corrected chi connectivity index (χ4v) is 4.00. The van der Waals surface area contributed by atoms with Gasteiger partial charge in [0.05, 0.1) is 21.8 Å². The second-order valence-corrected chi connectivity index (χ2v) is 8.13. The van der Waals surface area contributed by atoms with Crippen molar-refractivity contribution in [1.29, 1.82) is 0 Å². The van der Waals surface area contributed by atoms with Crippen molar-refractivity contribution in [2.24, 2.45) is 0 Å². The van der Waals surface area contributed by atoms with Gasteiger partial charge >= 0.3 is 0 Å². The van der Waals surface area contributed by atoms with Crippen LogP contribution in [0.4, 0.5) is 15.8 Å². The molecule has 30 heavy (non-hydrogen) atoms. The number of carbonyl (C=O) groups is 1. The van der Waals surface area contributed by atoms with Crippen molar-refractivity contribution < 1.29 is 17.6 Å². The summed E-state index contributed by atoms with van der Waals surface area (Å²) >= 11 is 0. The summed E-state index contributed by atoms with van der Waals surface area (Å²) in [7, 11) is -4.00. The van der Waals surface area contributed by atoms with E-state index in [2.05, 4.69) is 15.0 Å². The van der Waals surface area contributed by atoms with Gasteiger partial charge in [0, 0.05) is 17.1 Å². The van der Waals surface area contributed by atoms with E-state index < -0.39 is 21.7 Å². The van der Waals surface area contributed by atoms with Crippen LogP contribution in [0.2, 0.25) is 0 Å². The number of benzene rings is 3. The van der Waals surface area contributed by atoms with E-state index in [1.807, 2.05) is 24.3 Å². The Labute approximate surface area is 172 Å². The van der Waals surface area contributed by atoms with Crippen LogP contribution in [0.25, 0.3) is 10.9 Å². The molecule has 8 heteroatoms. The van der Waals surface area contributed by atoms with Crippen molar-refractivity contribution in [3.63, 3.8) is 0 Å². The highest BCUT2D eigenvalue weighted by molar-refractivity contribution is 7.92. The van der Waals surface area contributed by atoms with Crippen LogP contribution in [0.5, 0.6) is 0 Å². The molecule has 0 atom stereocenters. The number of pyridine rings is 1. The zero-order valence-electron chi connectivity index (χ0n) is 15.5. The van der Waals surface area contributed by atoms with Crippen molar-refractivity contribution in [1.82, 2.24) is 4.98 Å². The predicted octanol–water partition coefficient (Wildman–Crippen LogP) is 4.43. The third-order valence-electron chi connectivity index (χ3n) is 4.43. The van der Waals surface area contributed by atoms with Crippen LogP contribution in [-0.4, -0.2) is 19.3 Å². The standard InChI is InChI=1S/C22H16FN3O3S/c23-18-7-1-2-8-19(18)26-30(28,29)17-12-10-16(11-13-17)22(27)25-20-9-3-5-15-6-4-14-24-21(15)20/h1-14,26H,(H,25,27). The predicted molar refractivity (Wildman–Crippen MR) is 113 cm³/mol. The molecule has 0 bridgehead atoms. The molecule has 150 valence electrons. The van der Waals surface area contributed by atoms with E-state index in [-0.39, 0.29) is 16.1 Å². The van der Waals surface area contributed by atoms with Crippen LogP contribution in [0, 0.1) is 5.82 Å². The molecule has 0 aliphatic carbocycles. The van der Waals surface area contributed by atoms with Gasteiger partial charge in [0.25, 0.3) is 15.9 Å². The second-order valence-electron chi connectivity index (χ2n) is 6.44. The number of amides is 1. The van der Waals surface area contributed by atoms with Gasteiger partial charge in [0.2, 0.25) is 0 Å². The van der Waals surface area contributed by atoms with Gasteiger partial charge in [-0.1, -0.05) is 30.3 Å². The van der Waals surface area contributed by atoms with Gasteiger partial charge in [0.15, 0.2) is 0 Å². The number of aromatic nitrogens is 1. The highest BCUT2D eigenvalue weighted by Crippen LogP contribution is 2.22. The molecule has 0 fully saturated rings. The number of hydrogen-bond donors (Lipinski definition) is 2. The maximum atomic E-state index is 13.7. The average molecular weight is 421 g/mol. The number of rotatable bonds is 5. The Bertz CT molecular complexity index is 1330. The summed E-state index contributed by atoms with van der Waals surface area (Å²) < 4.78 is 40.9. The number of nitrogens with one attached hydrogen (secondary N) is 2. The van der Waals surface area contributed by atoms with Crippen molar-refractivity contribution in [3.8, 4) is 0 Å². The van der Waals surface area contributed by atoms with Gasteiger partial charge in [-0.25, -0.2) is 12.8 Å². The third kappa shape index (κ3) is 3.99. The Balaban J connectivity index is 1.54. The lowest BCUT2D eigenvalue weighted by Crippen LogP contribution is -2.15. The number of para-hydroxylation sites is 2. The lowest BCUT2D eigenvalue weighted by atomic mass is 10.1. The first kappa shape index (κ1) is 19.5. The molecule has 0 aliphatic heterocycles. The smallest absolute Gasteiger partial charge is 0.261 e. The summed E-state index contributed by atoms with van der Waals surface area (Å²) in [5, 5.41) is 3.68. The number of halogens is 1. The summed E-state index contributed by atoms with van der Waals surface area (Å²) in [6.45, 7) is 0.